The predicted molar refractivity (Wildman–Crippen MR) is 130 cm³/mol. The Morgan fingerprint density at radius 1 is 0.423 bits per heavy atom. The van der Waals surface area contributed by atoms with Gasteiger partial charge in [0, 0.05) is 0 Å². The van der Waals surface area contributed by atoms with Crippen molar-refractivity contribution in [2.75, 3.05) is 20.1 Å². The van der Waals surface area contributed by atoms with Crippen LogP contribution in [-0.2, 0) is 0 Å². The summed E-state index contributed by atoms with van der Waals surface area (Å²) in [7, 11) is 2.27. The lowest BCUT2D eigenvalue weighted by molar-refractivity contribution is 0.315. The highest BCUT2D eigenvalue weighted by molar-refractivity contribution is 4.53. The third kappa shape index (κ3) is 64.8. The van der Waals surface area contributed by atoms with Crippen LogP contribution in [0.4, 0.5) is 0 Å². The van der Waals surface area contributed by atoms with Crippen LogP contribution in [0, 0.1) is 0 Å². The van der Waals surface area contributed by atoms with Crippen molar-refractivity contribution in [1.82, 2.24) is 4.90 Å². The van der Waals surface area contributed by atoms with Crippen molar-refractivity contribution in [2.24, 2.45) is 0 Å². The van der Waals surface area contributed by atoms with E-state index in [1.807, 2.05) is 27.7 Å². The first-order valence-corrected chi connectivity index (χ1v) is 12.3. The summed E-state index contributed by atoms with van der Waals surface area (Å²) in [4.78, 5) is 2.50. The molecule has 166 valence electrons. The largest absolute Gasteiger partial charge is 0.306 e. The normalized spacial score (nSPS) is 8.77. The molecule has 0 aromatic carbocycles. The summed E-state index contributed by atoms with van der Waals surface area (Å²) in [5.74, 6) is 0. The summed E-state index contributed by atoms with van der Waals surface area (Å²) in [5.41, 5.74) is 0. The summed E-state index contributed by atoms with van der Waals surface area (Å²) < 4.78 is 0. The maximum absolute atomic E-state index is 2.50. The van der Waals surface area contributed by atoms with Gasteiger partial charge in [-0.15, -0.1) is 0 Å². The van der Waals surface area contributed by atoms with E-state index in [-0.39, 0.29) is 0 Å². The second-order valence-corrected chi connectivity index (χ2v) is 6.49. The number of rotatable bonds is 12. The van der Waals surface area contributed by atoms with Gasteiger partial charge in [-0.05, 0) is 33.0 Å². The van der Waals surface area contributed by atoms with E-state index < -0.39 is 0 Å². The number of unbranched alkanes of at least 4 members (excludes halogenated alkanes) is 8. The van der Waals surface area contributed by atoms with E-state index in [0.29, 0.717) is 0 Å². The molecular formula is C25H61N. The Balaban J connectivity index is -0.000000111. The molecule has 0 heterocycles. The van der Waals surface area contributed by atoms with Gasteiger partial charge in [0.1, 0.15) is 0 Å². The summed E-state index contributed by atoms with van der Waals surface area (Å²) in [6.45, 7) is 23.8. The summed E-state index contributed by atoms with van der Waals surface area (Å²) in [6.07, 6.45) is 16.5. The zero-order valence-electron chi connectivity index (χ0n) is 21.3. The van der Waals surface area contributed by atoms with E-state index in [9.17, 15) is 0 Å². The molecule has 0 aliphatic heterocycles. The minimum atomic E-state index is 1.25. The van der Waals surface area contributed by atoms with Crippen molar-refractivity contribution in [3.63, 3.8) is 0 Å². The van der Waals surface area contributed by atoms with Gasteiger partial charge in [0.15, 0.2) is 0 Å². The van der Waals surface area contributed by atoms with Crippen molar-refractivity contribution >= 4 is 0 Å². The first kappa shape index (κ1) is 36.8. The standard InChI is InChI=1S/C14H31N.C4H10.C3H8.2C2H6/c1-4-6-8-10-12-14-15(3)13-11-9-7-5-2;1-3-4-2;1-3-2;2*1-2/h4-14H2,1-3H3;3-4H2,1-2H3;3H2,1-2H3;2*1-2H3. The van der Waals surface area contributed by atoms with E-state index in [4.69, 9.17) is 0 Å². The van der Waals surface area contributed by atoms with Crippen LogP contribution in [-0.4, -0.2) is 25.0 Å². The molecular weight excluding hydrogens is 314 g/mol. The van der Waals surface area contributed by atoms with Gasteiger partial charge in [-0.3, -0.25) is 0 Å². The molecule has 0 radical (unpaired) electrons. The summed E-state index contributed by atoms with van der Waals surface area (Å²) in [6, 6.07) is 0. The lowest BCUT2D eigenvalue weighted by atomic mass is 10.1. The van der Waals surface area contributed by atoms with Gasteiger partial charge in [-0.1, -0.05) is 133 Å². The molecule has 0 bridgehead atoms. The Hall–Kier alpha value is -0.0400. The highest BCUT2D eigenvalue weighted by Crippen LogP contribution is 2.04. The maximum Gasteiger partial charge on any atom is -0.00218 e. The highest BCUT2D eigenvalue weighted by atomic mass is 15.1. The molecule has 0 spiro atoms. The Morgan fingerprint density at radius 3 is 0.962 bits per heavy atom. The van der Waals surface area contributed by atoms with Crippen LogP contribution in [0.1, 0.15) is 146 Å². The van der Waals surface area contributed by atoms with E-state index in [1.165, 1.54) is 90.1 Å². The van der Waals surface area contributed by atoms with Crippen LogP contribution in [0.5, 0.6) is 0 Å². The van der Waals surface area contributed by atoms with Gasteiger partial charge in [-0.2, -0.15) is 0 Å². The van der Waals surface area contributed by atoms with Crippen LogP contribution in [0.15, 0.2) is 0 Å². The molecule has 0 N–H and O–H groups in total. The minimum absolute atomic E-state index is 1.25. The Bertz CT molecular complexity index is 143. The van der Waals surface area contributed by atoms with Crippen LogP contribution in [0.25, 0.3) is 0 Å². The lowest BCUT2D eigenvalue weighted by Crippen LogP contribution is -2.20. The van der Waals surface area contributed by atoms with Crippen molar-refractivity contribution in [3.8, 4) is 0 Å². The van der Waals surface area contributed by atoms with Crippen LogP contribution < -0.4 is 0 Å². The van der Waals surface area contributed by atoms with Gasteiger partial charge >= 0.3 is 0 Å². The quantitative estimate of drug-likeness (QED) is 0.307. The van der Waals surface area contributed by atoms with E-state index >= 15 is 0 Å². The number of hydrogen-bond acceptors (Lipinski definition) is 1. The third-order valence-corrected chi connectivity index (χ3v) is 3.54. The molecule has 0 saturated carbocycles. The molecule has 1 nitrogen and oxygen atoms in total. The molecule has 26 heavy (non-hydrogen) atoms. The summed E-state index contributed by atoms with van der Waals surface area (Å²) in [5, 5.41) is 0. The monoisotopic (exact) mass is 375 g/mol. The molecule has 0 saturated heterocycles. The SMILES string of the molecule is CC.CC.CCC.CCCC.CCCCCCCN(C)CCCCCC. The third-order valence-electron chi connectivity index (χ3n) is 3.54. The van der Waals surface area contributed by atoms with E-state index in [2.05, 4.69) is 53.5 Å². The molecule has 0 atom stereocenters. The molecule has 0 unspecified atom stereocenters. The average Bonchev–Trinajstić information content (AvgIpc) is 2.69. The van der Waals surface area contributed by atoms with E-state index in [0.717, 1.165) is 0 Å². The Labute approximate surface area is 171 Å². The molecule has 0 aromatic rings. The fourth-order valence-corrected chi connectivity index (χ4v) is 1.91. The topological polar surface area (TPSA) is 3.24 Å². The highest BCUT2D eigenvalue weighted by Gasteiger charge is 1.97. The minimum Gasteiger partial charge on any atom is -0.306 e. The van der Waals surface area contributed by atoms with Gasteiger partial charge in [-0.25, -0.2) is 0 Å². The van der Waals surface area contributed by atoms with Gasteiger partial charge in [0.05, 0.1) is 0 Å². The van der Waals surface area contributed by atoms with E-state index in [1.54, 1.807) is 0 Å². The van der Waals surface area contributed by atoms with Crippen LogP contribution in [0.2, 0.25) is 0 Å². The lowest BCUT2D eigenvalue weighted by Gasteiger charge is -2.16. The summed E-state index contributed by atoms with van der Waals surface area (Å²) >= 11 is 0. The number of nitrogens with zero attached hydrogens (tertiary/aromatic N) is 1. The second-order valence-electron chi connectivity index (χ2n) is 6.49. The molecule has 0 aliphatic rings. The van der Waals surface area contributed by atoms with Gasteiger partial charge in [0.2, 0.25) is 0 Å². The Morgan fingerprint density at radius 2 is 0.692 bits per heavy atom. The molecule has 1 heteroatoms. The first-order chi connectivity index (χ1) is 12.6. The molecule has 0 aromatic heterocycles. The predicted octanol–water partition coefficient (Wildman–Crippen LogP) is 9.74. The van der Waals surface area contributed by atoms with Gasteiger partial charge in [0.25, 0.3) is 0 Å². The maximum atomic E-state index is 2.50. The Kier molecular flexibility index (Phi) is 70.5. The van der Waals surface area contributed by atoms with Gasteiger partial charge < -0.3 is 4.90 Å². The fourth-order valence-electron chi connectivity index (χ4n) is 1.91. The van der Waals surface area contributed by atoms with Crippen molar-refractivity contribution < 1.29 is 0 Å². The van der Waals surface area contributed by atoms with Crippen molar-refractivity contribution in [2.45, 2.75) is 146 Å². The zero-order chi connectivity index (χ0) is 21.5. The van der Waals surface area contributed by atoms with Crippen molar-refractivity contribution in [3.05, 3.63) is 0 Å². The second kappa shape index (κ2) is 49.8. The number of hydrogen-bond donors (Lipinski definition) is 0. The molecule has 0 fully saturated rings. The van der Waals surface area contributed by atoms with Crippen LogP contribution in [0.3, 0.4) is 0 Å². The fraction of sp³-hybridized carbons (Fsp3) is 1.00. The smallest absolute Gasteiger partial charge is 0.00218 e. The van der Waals surface area contributed by atoms with Crippen LogP contribution >= 0.6 is 0 Å². The van der Waals surface area contributed by atoms with Crippen molar-refractivity contribution in [1.29, 1.82) is 0 Å². The zero-order valence-corrected chi connectivity index (χ0v) is 21.3. The average molecular weight is 376 g/mol. The molecule has 0 rings (SSSR count). The molecule has 0 amide bonds. The first-order valence-electron chi connectivity index (χ1n) is 12.3. The molecule has 0 aliphatic carbocycles.